The number of nitrogens with one attached hydrogen (secondary N) is 2. The quantitative estimate of drug-likeness (QED) is 0.752. The lowest BCUT2D eigenvalue weighted by Crippen LogP contribution is -2.36. The Labute approximate surface area is 145 Å². The molecule has 0 aromatic heterocycles. The number of methoxy groups -OCH3 is 2. The molecule has 0 bridgehead atoms. The SMILES string of the molecule is COc1cc(OC)cc(C(=O)NCCNC(=O)Oc2ccccc2)c1. The van der Waals surface area contributed by atoms with Crippen molar-refractivity contribution in [3.8, 4) is 17.2 Å². The molecule has 2 amide bonds. The van der Waals surface area contributed by atoms with Crippen LogP contribution in [0.1, 0.15) is 10.4 Å². The van der Waals surface area contributed by atoms with Crippen molar-refractivity contribution in [1.29, 1.82) is 0 Å². The Morgan fingerprint density at radius 2 is 1.44 bits per heavy atom. The standard InChI is InChI=1S/C18H20N2O5/c1-23-15-10-13(11-16(12-15)24-2)17(21)19-8-9-20-18(22)25-14-6-4-3-5-7-14/h3-7,10-12H,8-9H2,1-2H3,(H,19,21)(H,20,22). The number of carbonyl (C=O) groups is 2. The molecule has 25 heavy (non-hydrogen) atoms. The van der Waals surface area contributed by atoms with E-state index in [9.17, 15) is 9.59 Å². The van der Waals surface area contributed by atoms with Crippen LogP contribution in [0.4, 0.5) is 4.79 Å². The molecule has 2 rings (SSSR count). The first-order chi connectivity index (χ1) is 12.1. The summed E-state index contributed by atoms with van der Waals surface area (Å²) in [6.07, 6.45) is -0.580. The van der Waals surface area contributed by atoms with Crippen molar-refractivity contribution in [3.05, 3.63) is 54.1 Å². The third-order valence-electron chi connectivity index (χ3n) is 3.25. The lowest BCUT2D eigenvalue weighted by molar-refractivity contribution is 0.0952. The first-order valence-electron chi connectivity index (χ1n) is 7.64. The minimum atomic E-state index is -0.580. The van der Waals surface area contributed by atoms with Crippen LogP contribution in [-0.4, -0.2) is 39.3 Å². The number of benzene rings is 2. The van der Waals surface area contributed by atoms with Crippen LogP contribution < -0.4 is 24.8 Å². The Hall–Kier alpha value is -3.22. The molecule has 0 aliphatic carbocycles. The molecule has 132 valence electrons. The van der Waals surface area contributed by atoms with E-state index in [1.54, 1.807) is 42.5 Å². The number of amides is 2. The molecule has 0 heterocycles. The summed E-state index contributed by atoms with van der Waals surface area (Å²) in [6.45, 7) is 0.487. The summed E-state index contributed by atoms with van der Waals surface area (Å²) in [5, 5.41) is 5.26. The van der Waals surface area contributed by atoms with Gasteiger partial charge in [-0.05, 0) is 24.3 Å². The normalized spacial score (nSPS) is 9.84. The van der Waals surface area contributed by atoms with Crippen LogP contribution in [0.3, 0.4) is 0 Å². The van der Waals surface area contributed by atoms with Gasteiger partial charge < -0.3 is 24.8 Å². The number of hydrogen-bond acceptors (Lipinski definition) is 5. The zero-order chi connectivity index (χ0) is 18.1. The average Bonchev–Trinajstić information content (AvgIpc) is 2.65. The van der Waals surface area contributed by atoms with E-state index >= 15 is 0 Å². The Morgan fingerprint density at radius 1 is 0.840 bits per heavy atom. The van der Waals surface area contributed by atoms with E-state index in [1.807, 2.05) is 6.07 Å². The van der Waals surface area contributed by atoms with E-state index in [0.717, 1.165) is 0 Å². The van der Waals surface area contributed by atoms with Gasteiger partial charge in [-0.3, -0.25) is 4.79 Å². The zero-order valence-corrected chi connectivity index (χ0v) is 14.1. The maximum absolute atomic E-state index is 12.2. The van der Waals surface area contributed by atoms with E-state index in [4.69, 9.17) is 14.2 Å². The van der Waals surface area contributed by atoms with E-state index in [-0.39, 0.29) is 19.0 Å². The fourth-order valence-electron chi connectivity index (χ4n) is 2.01. The van der Waals surface area contributed by atoms with Crippen molar-refractivity contribution in [3.63, 3.8) is 0 Å². The largest absolute Gasteiger partial charge is 0.497 e. The Balaban J connectivity index is 1.78. The first-order valence-corrected chi connectivity index (χ1v) is 7.64. The number of para-hydroxylation sites is 1. The molecule has 2 aromatic carbocycles. The number of hydrogen-bond donors (Lipinski definition) is 2. The molecule has 0 aliphatic rings. The second-order valence-corrected chi connectivity index (χ2v) is 4.99. The van der Waals surface area contributed by atoms with E-state index in [1.165, 1.54) is 14.2 Å². The van der Waals surface area contributed by atoms with E-state index < -0.39 is 6.09 Å². The fourth-order valence-corrected chi connectivity index (χ4v) is 2.01. The van der Waals surface area contributed by atoms with Crippen molar-refractivity contribution < 1.29 is 23.8 Å². The van der Waals surface area contributed by atoms with Crippen LogP contribution in [0.5, 0.6) is 17.2 Å². The van der Waals surface area contributed by atoms with Gasteiger partial charge in [-0.1, -0.05) is 18.2 Å². The summed E-state index contributed by atoms with van der Waals surface area (Å²) < 4.78 is 15.3. The van der Waals surface area contributed by atoms with Gasteiger partial charge in [0, 0.05) is 24.7 Å². The van der Waals surface area contributed by atoms with Crippen molar-refractivity contribution >= 4 is 12.0 Å². The monoisotopic (exact) mass is 344 g/mol. The van der Waals surface area contributed by atoms with Gasteiger partial charge >= 0.3 is 6.09 Å². The first kappa shape index (κ1) is 18.1. The van der Waals surface area contributed by atoms with Gasteiger partial charge in [-0.2, -0.15) is 0 Å². The third-order valence-corrected chi connectivity index (χ3v) is 3.25. The topological polar surface area (TPSA) is 85.9 Å². The molecule has 7 nitrogen and oxygen atoms in total. The summed E-state index contributed by atoms with van der Waals surface area (Å²) in [7, 11) is 3.03. The second kappa shape index (κ2) is 9.17. The number of ether oxygens (including phenoxy) is 3. The van der Waals surface area contributed by atoms with Gasteiger partial charge in [0.05, 0.1) is 14.2 Å². The van der Waals surface area contributed by atoms with Crippen LogP contribution in [-0.2, 0) is 0 Å². The van der Waals surface area contributed by atoms with E-state index in [0.29, 0.717) is 22.8 Å². The van der Waals surface area contributed by atoms with Crippen LogP contribution in [0.2, 0.25) is 0 Å². The van der Waals surface area contributed by atoms with Gasteiger partial charge in [-0.25, -0.2) is 4.79 Å². The summed E-state index contributed by atoms with van der Waals surface area (Å²) >= 11 is 0. The lowest BCUT2D eigenvalue weighted by Gasteiger charge is -2.10. The molecule has 2 aromatic rings. The molecule has 0 atom stereocenters. The summed E-state index contributed by atoms with van der Waals surface area (Å²) in [5.41, 5.74) is 0.406. The Kier molecular flexibility index (Phi) is 6.65. The van der Waals surface area contributed by atoms with Crippen molar-refractivity contribution in [2.24, 2.45) is 0 Å². The van der Waals surface area contributed by atoms with Crippen LogP contribution in [0, 0.1) is 0 Å². The summed E-state index contributed by atoms with van der Waals surface area (Å²) in [6, 6.07) is 13.6. The maximum Gasteiger partial charge on any atom is 0.412 e. The van der Waals surface area contributed by atoms with Crippen LogP contribution in [0.25, 0.3) is 0 Å². The number of carbonyl (C=O) groups excluding carboxylic acids is 2. The van der Waals surface area contributed by atoms with E-state index in [2.05, 4.69) is 10.6 Å². The molecule has 0 saturated heterocycles. The molecule has 0 aliphatic heterocycles. The minimum absolute atomic E-state index is 0.235. The highest BCUT2D eigenvalue weighted by Crippen LogP contribution is 2.22. The van der Waals surface area contributed by atoms with Gasteiger partial charge in [0.15, 0.2) is 0 Å². The minimum Gasteiger partial charge on any atom is -0.497 e. The molecular weight excluding hydrogens is 324 g/mol. The predicted molar refractivity (Wildman–Crippen MR) is 92.3 cm³/mol. The molecular formula is C18H20N2O5. The van der Waals surface area contributed by atoms with Crippen LogP contribution >= 0.6 is 0 Å². The highest BCUT2D eigenvalue weighted by atomic mass is 16.6. The van der Waals surface area contributed by atoms with Crippen molar-refractivity contribution in [2.45, 2.75) is 0 Å². The van der Waals surface area contributed by atoms with Crippen LogP contribution in [0.15, 0.2) is 48.5 Å². The smallest absolute Gasteiger partial charge is 0.412 e. The third kappa shape index (κ3) is 5.72. The molecule has 0 radical (unpaired) electrons. The molecule has 0 fully saturated rings. The molecule has 0 spiro atoms. The molecule has 0 saturated carbocycles. The molecule has 0 unspecified atom stereocenters. The Morgan fingerprint density at radius 3 is 2.04 bits per heavy atom. The van der Waals surface area contributed by atoms with Gasteiger partial charge in [-0.15, -0.1) is 0 Å². The van der Waals surface area contributed by atoms with Gasteiger partial charge in [0.2, 0.25) is 0 Å². The predicted octanol–water partition coefficient (Wildman–Crippen LogP) is 2.22. The van der Waals surface area contributed by atoms with Crippen molar-refractivity contribution in [1.82, 2.24) is 10.6 Å². The summed E-state index contributed by atoms with van der Waals surface area (Å²) in [4.78, 5) is 23.8. The zero-order valence-electron chi connectivity index (χ0n) is 14.1. The summed E-state index contributed by atoms with van der Waals surface area (Å²) in [5.74, 6) is 1.20. The highest BCUT2D eigenvalue weighted by molar-refractivity contribution is 5.95. The van der Waals surface area contributed by atoms with Gasteiger partial charge in [0.1, 0.15) is 17.2 Å². The maximum atomic E-state index is 12.2. The van der Waals surface area contributed by atoms with Crippen molar-refractivity contribution in [2.75, 3.05) is 27.3 Å². The number of rotatable bonds is 7. The fraction of sp³-hybridized carbons (Fsp3) is 0.222. The Bertz CT molecular complexity index is 696. The molecule has 2 N–H and O–H groups in total. The van der Waals surface area contributed by atoms with Gasteiger partial charge in [0.25, 0.3) is 5.91 Å². The molecule has 7 heteroatoms. The average molecular weight is 344 g/mol. The highest BCUT2D eigenvalue weighted by Gasteiger charge is 2.10. The lowest BCUT2D eigenvalue weighted by atomic mass is 10.2. The second-order valence-electron chi connectivity index (χ2n) is 4.99.